The summed E-state index contributed by atoms with van der Waals surface area (Å²) in [5, 5.41) is 14.1. The Kier molecular flexibility index (Phi) is 3.92. The van der Waals surface area contributed by atoms with Crippen LogP contribution in [0.1, 0.15) is 55.0 Å². The fourth-order valence-electron chi connectivity index (χ4n) is 5.60. The summed E-state index contributed by atoms with van der Waals surface area (Å²) in [6.45, 7) is 3.93. The molecular weight excluding hydrogens is 377 g/mol. The van der Waals surface area contributed by atoms with Gasteiger partial charge in [-0.2, -0.15) is 15.3 Å². The molecule has 2 unspecified atom stereocenters. The topological polar surface area (TPSA) is 56.0 Å². The van der Waals surface area contributed by atoms with E-state index in [4.69, 9.17) is 0 Å². The number of fused-ring (bicyclic) bond motifs is 4. The molecule has 30 heavy (non-hydrogen) atoms. The zero-order chi connectivity index (χ0) is 20.4. The van der Waals surface area contributed by atoms with Gasteiger partial charge in [-0.1, -0.05) is 12.8 Å². The Balaban J connectivity index is 1.41. The molecule has 152 valence electrons. The largest absolute Gasteiger partial charge is 0.232 e. The van der Waals surface area contributed by atoms with Crippen molar-refractivity contribution in [1.82, 2.24) is 24.8 Å². The quantitative estimate of drug-likeness (QED) is 0.452. The number of benzene rings is 1. The molecule has 3 atom stereocenters. The van der Waals surface area contributed by atoms with Crippen LogP contribution in [0, 0.1) is 31.5 Å². The molecule has 6 rings (SSSR count). The fraction of sp³-hybridized carbons (Fsp3) is 0.417. The van der Waals surface area contributed by atoms with E-state index in [-0.39, 0.29) is 5.82 Å². The highest BCUT2D eigenvalue weighted by Crippen LogP contribution is 2.48. The number of aryl methyl sites for hydroxylation is 2. The summed E-state index contributed by atoms with van der Waals surface area (Å²) in [6, 6.07) is 7.33. The van der Waals surface area contributed by atoms with Crippen LogP contribution in [0.2, 0.25) is 0 Å². The van der Waals surface area contributed by atoms with Gasteiger partial charge in [0.2, 0.25) is 0 Å². The van der Waals surface area contributed by atoms with Gasteiger partial charge in [0, 0.05) is 16.9 Å². The minimum atomic E-state index is -0.265. The molecule has 2 aliphatic carbocycles. The minimum Gasteiger partial charge on any atom is -0.232 e. The van der Waals surface area contributed by atoms with Crippen molar-refractivity contribution >= 4 is 16.6 Å². The number of halogens is 1. The third kappa shape index (κ3) is 2.89. The molecule has 6 heteroatoms. The molecule has 1 aromatic carbocycles. The van der Waals surface area contributed by atoms with Crippen molar-refractivity contribution in [1.29, 1.82) is 0 Å². The van der Waals surface area contributed by atoms with E-state index in [2.05, 4.69) is 20.3 Å². The summed E-state index contributed by atoms with van der Waals surface area (Å²) in [6.07, 6.45) is 8.27. The van der Waals surface area contributed by atoms with Crippen LogP contribution in [-0.4, -0.2) is 24.8 Å². The summed E-state index contributed by atoms with van der Waals surface area (Å²) >= 11 is 0. The lowest BCUT2D eigenvalue weighted by Crippen LogP contribution is -2.15. The lowest BCUT2D eigenvalue weighted by atomic mass is 9.79. The van der Waals surface area contributed by atoms with Gasteiger partial charge in [-0.05, 0) is 74.8 Å². The SMILES string of the molecule is Cc1cn2nc(-c3cc(F)c4cc(C5CC6CC[C@H](C6)C5)nnc4c3)cc(C)c2n1. The van der Waals surface area contributed by atoms with Crippen LogP contribution in [0.15, 0.2) is 30.5 Å². The molecule has 2 saturated carbocycles. The van der Waals surface area contributed by atoms with Gasteiger partial charge >= 0.3 is 0 Å². The fourth-order valence-corrected chi connectivity index (χ4v) is 5.60. The van der Waals surface area contributed by atoms with Gasteiger partial charge in [0.1, 0.15) is 5.82 Å². The van der Waals surface area contributed by atoms with E-state index in [1.807, 2.05) is 38.2 Å². The standard InChI is InChI=1S/C24H24FN5/c1-13-5-22(29-30-12-14(2)26-24(13)30)18-9-20(25)19-11-21(27-28-23(19)10-18)17-7-15-3-4-16(6-15)8-17/h5,9-12,15-17H,3-4,6-8H2,1-2H3/t15-,16?,17?/m1/s1. The molecule has 0 saturated heterocycles. The Bertz CT molecular complexity index is 1280. The first-order valence-electron chi connectivity index (χ1n) is 10.8. The summed E-state index contributed by atoms with van der Waals surface area (Å²) in [5.74, 6) is 1.78. The van der Waals surface area contributed by atoms with Gasteiger partial charge < -0.3 is 0 Å². The van der Waals surface area contributed by atoms with Crippen LogP contribution in [-0.2, 0) is 0 Å². The van der Waals surface area contributed by atoms with Crippen LogP contribution in [0.4, 0.5) is 4.39 Å². The molecule has 4 aromatic rings. The molecule has 3 aromatic heterocycles. The third-order valence-corrected chi connectivity index (χ3v) is 7.00. The predicted octanol–water partition coefficient (Wildman–Crippen LogP) is 5.39. The monoisotopic (exact) mass is 401 g/mol. The van der Waals surface area contributed by atoms with Gasteiger partial charge in [-0.3, -0.25) is 0 Å². The summed E-state index contributed by atoms with van der Waals surface area (Å²) < 4.78 is 16.9. The van der Waals surface area contributed by atoms with Crippen LogP contribution in [0.3, 0.4) is 0 Å². The number of aromatic nitrogens is 5. The highest BCUT2D eigenvalue weighted by atomic mass is 19.1. The minimum absolute atomic E-state index is 0.265. The maximum atomic E-state index is 15.1. The van der Waals surface area contributed by atoms with E-state index < -0.39 is 0 Å². The Morgan fingerprint density at radius 3 is 2.57 bits per heavy atom. The van der Waals surface area contributed by atoms with E-state index >= 15 is 4.39 Å². The summed E-state index contributed by atoms with van der Waals surface area (Å²) in [7, 11) is 0. The summed E-state index contributed by atoms with van der Waals surface area (Å²) in [4.78, 5) is 4.49. The first kappa shape index (κ1) is 17.9. The Morgan fingerprint density at radius 2 is 1.77 bits per heavy atom. The number of rotatable bonds is 2. The molecule has 3 heterocycles. The van der Waals surface area contributed by atoms with Crippen LogP contribution >= 0.6 is 0 Å². The number of nitrogens with zero attached hydrogens (tertiary/aromatic N) is 5. The second kappa shape index (κ2) is 6.56. The average Bonchev–Trinajstić information content (AvgIpc) is 3.28. The smallest absolute Gasteiger partial charge is 0.156 e. The second-order valence-electron chi connectivity index (χ2n) is 9.24. The Hall–Kier alpha value is -2.89. The highest BCUT2D eigenvalue weighted by molar-refractivity contribution is 5.84. The number of hydrogen-bond donors (Lipinski definition) is 0. The van der Waals surface area contributed by atoms with Gasteiger partial charge in [-0.15, -0.1) is 0 Å². The zero-order valence-corrected chi connectivity index (χ0v) is 17.3. The Morgan fingerprint density at radius 1 is 0.967 bits per heavy atom. The molecular formula is C24H24FN5. The van der Waals surface area contributed by atoms with E-state index in [1.165, 1.54) is 32.1 Å². The molecule has 5 nitrogen and oxygen atoms in total. The normalized spacial score (nSPS) is 23.5. The van der Waals surface area contributed by atoms with Crippen molar-refractivity contribution in [2.45, 2.75) is 51.9 Å². The number of hydrogen-bond acceptors (Lipinski definition) is 4. The van der Waals surface area contributed by atoms with Crippen molar-refractivity contribution in [3.63, 3.8) is 0 Å². The number of imidazole rings is 1. The van der Waals surface area contributed by atoms with Crippen LogP contribution < -0.4 is 0 Å². The van der Waals surface area contributed by atoms with E-state index in [0.29, 0.717) is 28.1 Å². The van der Waals surface area contributed by atoms with Gasteiger partial charge in [-0.25, -0.2) is 13.9 Å². The average molecular weight is 401 g/mol. The molecule has 0 radical (unpaired) electrons. The maximum absolute atomic E-state index is 15.1. The second-order valence-corrected chi connectivity index (χ2v) is 9.24. The van der Waals surface area contributed by atoms with Crippen LogP contribution in [0.5, 0.6) is 0 Å². The van der Waals surface area contributed by atoms with Gasteiger partial charge in [0.05, 0.1) is 28.8 Å². The third-order valence-electron chi connectivity index (χ3n) is 7.00. The van der Waals surface area contributed by atoms with E-state index in [9.17, 15) is 0 Å². The van der Waals surface area contributed by atoms with Crippen LogP contribution in [0.25, 0.3) is 27.8 Å². The van der Waals surface area contributed by atoms with Crippen molar-refractivity contribution in [2.75, 3.05) is 0 Å². The zero-order valence-electron chi connectivity index (χ0n) is 17.3. The van der Waals surface area contributed by atoms with Crippen molar-refractivity contribution < 1.29 is 4.39 Å². The van der Waals surface area contributed by atoms with Gasteiger partial charge in [0.25, 0.3) is 0 Å². The van der Waals surface area contributed by atoms with Crippen molar-refractivity contribution in [3.8, 4) is 11.3 Å². The highest BCUT2D eigenvalue weighted by Gasteiger charge is 2.35. The first-order valence-corrected chi connectivity index (χ1v) is 10.8. The molecule has 0 amide bonds. The lowest BCUT2D eigenvalue weighted by Gasteiger charge is -2.27. The van der Waals surface area contributed by atoms with Crippen molar-refractivity contribution in [3.05, 3.63) is 53.2 Å². The molecule has 2 fully saturated rings. The molecule has 0 N–H and O–H groups in total. The molecule has 2 aliphatic rings. The van der Waals surface area contributed by atoms with Gasteiger partial charge in [0.15, 0.2) is 5.65 Å². The Labute approximate surface area is 174 Å². The predicted molar refractivity (Wildman–Crippen MR) is 114 cm³/mol. The van der Waals surface area contributed by atoms with E-state index in [1.54, 1.807) is 10.6 Å². The van der Waals surface area contributed by atoms with E-state index in [0.717, 1.165) is 34.4 Å². The maximum Gasteiger partial charge on any atom is 0.156 e. The molecule has 2 bridgehead atoms. The first-order chi connectivity index (χ1) is 14.5. The molecule has 0 aliphatic heterocycles. The molecule has 0 spiro atoms. The lowest BCUT2D eigenvalue weighted by molar-refractivity contribution is 0.315. The van der Waals surface area contributed by atoms with Crippen molar-refractivity contribution in [2.24, 2.45) is 11.8 Å². The summed E-state index contributed by atoms with van der Waals surface area (Å²) in [5.41, 5.74) is 5.67.